The first-order valence-corrected chi connectivity index (χ1v) is 7.23. The maximum atomic E-state index is 12.3. The predicted octanol–water partition coefficient (Wildman–Crippen LogP) is 4.58. The van der Waals surface area contributed by atoms with E-state index < -0.39 is 0 Å². The number of hydrogen-bond acceptors (Lipinski definition) is 2. The summed E-state index contributed by atoms with van der Waals surface area (Å²) in [5.41, 5.74) is 0.683. The molecule has 1 aromatic rings. The minimum Gasteiger partial charge on any atom is -0.460 e. The van der Waals surface area contributed by atoms with E-state index in [9.17, 15) is 4.79 Å². The van der Waals surface area contributed by atoms with Crippen molar-refractivity contribution in [2.75, 3.05) is 0 Å². The number of esters is 1. The maximum absolute atomic E-state index is 12.3. The normalized spacial score (nSPS) is 15.6. The second-order valence-electron chi connectivity index (χ2n) is 5.69. The Kier molecular flexibility index (Phi) is 6.07. The molecule has 0 spiro atoms. The van der Waals surface area contributed by atoms with Gasteiger partial charge in [0.2, 0.25) is 0 Å². The molecule has 1 aromatic carbocycles. The molecule has 2 heteroatoms. The number of rotatable bonds is 7. The number of ether oxygens (including phenoxy) is 1. The maximum Gasteiger partial charge on any atom is 0.312 e. The van der Waals surface area contributed by atoms with Crippen molar-refractivity contribution in [3.63, 3.8) is 0 Å². The van der Waals surface area contributed by atoms with Crippen molar-refractivity contribution in [1.29, 1.82) is 0 Å². The fourth-order valence-electron chi connectivity index (χ4n) is 2.18. The van der Waals surface area contributed by atoms with E-state index in [4.69, 9.17) is 4.74 Å². The van der Waals surface area contributed by atoms with Gasteiger partial charge in [-0.2, -0.15) is 0 Å². The van der Waals surface area contributed by atoms with E-state index in [1.807, 2.05) is 37.3 Å². The topological polar surface area (TPSA) is 26.3 Å². The SMILES string of the molecule is CCC(C)CC(C)(CC)C(=O)OCc1ccccc1. The average molecular weight is 262 g/mol. The summed E-state index contributed by atoms with van der Waals surface area (Å²) in [5, 5.41) is 0. The summed E-state index contributed by atoms with van der Waals surface area (Å²) in [7, 11) is 0. The smallest absolute Gasteiger partial charge is 0.312 e. The zero-order valence-electron chi connectivity index (χ0n) is 12.6. The summed E-state index contributed by atoms with van der Waals surface area (Å²) >= 11 is 0. The quantitative estimate of drug-likeness (QED) is 0.672. The van der Waals surface area contributed by atoms with E-state index in [-0.39, 0.29) is 11.4 Å². The van der Waals surface area contributed by atoms with Crippen LogP contribution in [0.15, 0.2) is 30.3 Å². The number of benzene rings is 1. The highest BCUT2D eigenvalue weighted by Gasteiger charge is 2.34. The largest absolute Gasteiger partial charge is 0.460 e. The van der Waals surface area contributed by atoms with Crippen LogP contribution < -0.4 is 0 Å². The van der Waals surface area contributed by atoms with Gasteiger partial charge in [-0.15, -0.1) is 0 Å². The average Bonchev–Trinajstić information content (AvgIpc) is 2.45. The van der Waals surface area contributed by atoms with E-state index in [1.54, 1.807) is 0 Å². The Bertz CT molecular complexity index is 386. The Morgan fingerprint density at radius 1 is 1.26 bits per heavy atom. The van der Waals surface area contributed by atoms with Gasteiger partial charge in [0.15, 0.2) is 0 Å². The van der Waals surface area contributed by atoms with Crippen LogP contribution in [0.2, 0.25) is 0 Å². The van der Waals surface area contributed by atoms with Crippen molar-refractivity contribution in [3.8, 4) is 0 Å². The summed E-state index contributed by atoms with van der Waals surface area (Å²) in [6.07, 6.45) is 2.82. The van der Waals surface area contributed by atoms with Crippen LogP contribution in [-0.4, -0.2) is 5.97 Å². The van der Waals surface area contributed by atoms with Crippen LogP contribution in [0.3, 0.4) is 0 Å². The molecule has 19 heavy (non-hydrogen) atoms. The van der Waals surface area contributed by atoms with Gasteiger partial charge in [0.05, 0.1) is 5.41 Å². The Balaban J connectivity index is 2.58. The van der Waals surface area contributed by atoms with Crippen LogP contribution in [0.1, 0.15) is 52.5 Å². The van der Waals surface area contributed by atoms with Crippen LogP contribution in [-0.2, 0) is 16.1 Å². The number of carbonyl (C=O) groups is 1. The van der Waals surface area contributed by atoms with Crippen LogP contribution in [0.5, 0.6) is 0 Å². The Morgan fingerprint density at radius 2 is 1.89 bits per heavy atom. The van der Waals surface area contributed by atoms with E-state index in [1.165, 1.54) is 0 Å². The molecule has 0 aromatic heterocycles. The van der Waals surface area contributed by atoms with Gasteiger partial charge in [0.1, 0.15) is 6.61 Å². The molecule has 0 aliphatic heterocycles. The van der Waals surface area contributed by atoms with Gasteiger partial charge in [-0.1, -0.05) is 57.5 Å². The van der Waals surface area contributed by atoms with Gasteiger partial charge in [-0.25, -0.2) is 0 Å². The lowest BCUT2D eigenvalue weighted by molar-refractivity contribution is -0.157. The third kappa shape index (κ3) is 4.70. The molecule has 2 atom stereocenters. The number of hydrogen-bond donors (Lipinski definition) is 0. The van der Waals surface area contributed by atoms with Gasteiger partial charge in [-0.3, -0.25) is 4.79 Å². The zero-order valence-corrected chi connectivity index (χ0v) is 12.6. The molecule has 1 rings (SSSR count). The fourth-order valence-corrected chi connectivity index (χ4v) is 2.18. The van der Waals surface area contributed by atoms with E-state index in [0.717, 1.165) is 24.8 Å². The van der Waals surface area contributed by atoms with E-state index >= 15 is 0 Å². The zero-order chi connectivity index (χ0) is 14.3. The van der Waals surface area contributed by atoms with Gasteiger partial charge in [-0.05, 0) is 31.2 Å². The molecular formula is C17H26O2. The van der Waals surface area contributed by atoms with Crippen molar-refractivity contribution >= 4 is 5.97 Å². The molecule has 2 unspecified atom stereocenters. The Hall–Kier alpha value is -1.31. The molecule has 2 nitrogen and oxygen atoms in total. The standard InChI is InChI=1S/C17H26O2/c1-5-14(3)12-17(4,6-2)16(18)19-13-15-10-8-7-9-11-15/h7-11,14H,5-6,12-13H2,1-4H3. The minimum absolute atomic E-state index is 0.0702. The van der Waals surface area contributed by atoms with Crippen LogP contribution in [0.4, 0.5) is 0 Å². The van der Waals surface area contributed by atoms with Crippen molar-refractivity contribution < 1.29 is 9.53 Å². The Morgan fingerprint density at radius 3 is 2.42 bits per heavy atom. The highest BCUT2D eigenvalue weighted by atomic mass is 16.5. The van der Waals surface area contributed by atoms with Gasteiger partial charge in [0, 0.05) is 0 Å². The Labute approximate surface area is 117 Å². The summed E-state index contributed by atoms with van der Waals surface area (Å²) in [5.74, 6) is 0.480. The van der Waals surface area contributed by atoms with Gasteiger partial charge in [0.25, 0.3) is 0 Å². The first-order valence-electron chi connectivity index (χ1n) is 7.23. The van der Waals surface area contributed by atoms with Crippen LogP contribution >= 0.6 is 0 Å². The van der Waals surface area contributed by atoms with Gasteiger partial charge >= 0.3 is 5.97 Å². The molecule has 0 heterocycles. The van der Waals surface area contributed by atoms with Crippen molar-refractivity contribution in [2.24, 2.45) is 11.3 Å². The summed E-state index contributed by atoms with van der Waals surface area (Å²) in [4.78, 5) is 12.3. The monoisotopic (exact) mass is 262 g/mol. The van der Waals surface area contributed by atoms with Gasteiger partial charge < -0.3 is 4.74 Å². The molecule has 0 saturated carbocycles. The molecule has 0 fully saturated rings. The highest BCUT2D eigenvalue weighted by molar-refractivity contribution is 5.76. The summed E-state index contributed by atoms with van der Waals surface area (Å²) in [6.45, 7) is 8.81. The van der Waals surface area contributed by atoms with Crippen LogP contribution in [0, 0.1) is 11.3 Å². The second-order valence-corrected chi connectivity index (χ2v) is 5.69. The van der Waals surface area contributed by atoms with Crippen LogP contribution in [0.25, 0.3) is 0 Å². The van der Waals surface area contributed by atoms with E-state index in [2.05, 4.69) is 20.8 Å². The predicted molar refractivity (Wildman–Crippen MR) is 78.7 cm³/mol. The molecule has 0 bridgehead atoms. The molecule has 0 aliphatic rings. The highest BCUT2D eigenvalue weighted by Crippen LogP contribution is 2.32. The lowest BCUT2D eigenvalue weighted by atomic mass is 9.78. The first-order chi connectivity index (χ1) is 9.01. The minimum atomic E-state index is -0.357. The third-order valence-electron chi connectivity index (χ3n) is 3.98. The molecular weight excluding hydrogens is 236 g/mol. The molecule has 0 radical (unpaired) electrons. The summed E-state index contributed by atoms with van der Waals surface area (Å²) in [6, 6.07) is 9.84. The number of carbonyl (C=O) groups excluding carboxylic acids is 1. The molecule has 0 aliphatic carbocycles. The van der Waals surface area contributed by atoms with Crippen molar-refractivity contribution in [1.82, 2.24) is 0 Å². The van der Waals surface area contributed by atoms with Crippen molar-refractivity contribution in [2.45, 2.75) is 53.6 Å². The molecule has 106 valence electrons. The fraction of sp³-hybridized carbons (Fsp3) is 0.588. The first kappa shape index (κ1) is 15.7. The molecule has 0 saturated heterocycles. The lowest BCUT2D eigenvalue weighted by Crippen LogP contribution is -2.31. The molecule has 0 amide bonds. The summed E-state index contributed by atoms with van der Waals surface area (Å²) < 4.78 is 5.49. The molecule has 0 N–H and O–H groups in total. The lowest BCUT2D eigenvalue weighted by Gasteiger charge is -2.28. The van der Waals surface area contributed by atoms with E-state index in [0.29, 0.717) is 12.5 Å². The third-order valence-corrected chi connectivity index (χ3v) is 3.98. The van der Waals surface area contributed by atoms with Crippen molar-refractivity contribution in [3.05, 3.63) is 35.9 Å². The second kappa shape index (κ2) is 7.32.